The van der Waals surface area contributed by atoms with Crippen LogP contribution in [0.25, 0.3) is 0 Å². The molecule has 4 heteroatoms. The third-order valence-electron chi connectivity index (χ3n) is 3.52. The van der Waals surface area contributed by atoms with E-state index in [0.29, 0.717) is 6.04 Å². The van der Waals surface area contributed by atoms with Gasteiger partial charge in [-0.15, -0.1) is 11.8 Å². The van der Waals surface area contributed by atoms with Gasteiger partial charge in [-0.2, -0.15) is 0 Å². The molecule has 1 aromatic heterocycles. The van der Waals surface area contributed by atoms with E-state index in [-0.39, 0.29) is 0 Å². The van der Waals surface area contributed by atoms with Gasteiger partial charge in [0.25, 0.3) is 0 Å². The van der Waals surface area contributed by atoms with Crippen molar-refractivity contribution in [3.63, 3.8) is 0 Å². The van der Waals surface area contributed by atoms with Crippen molar-refractivity contribution in [2.75, 3.05) is 6.54 Å². The quantitative estimate of drug-likeness (QED) is 0.739. The summed E-state index contributed by atoms with van der Waals surface area (Å²) < 4.78 is 2.25. The highest BCUT2D eigenvalue weighted by Crippen LogP contribution is 2.25. The first-order valence-electron chi connectivity index (χ1n) is 7.69. The van der Waals surface area contributed by atoms with Gasteiger partial charge in [0.15, 0.2) is 0 Å². The summed E-state index contributed by atoms with van der Waals surface area (Å²) in [6, 6.07) is 9.22. The van der Waals surface area contributed by atoms with Crippen LogP contribution < -0.4 is 5.32 Å². The van der Waals surface area contributed by atoms with Crippen LogP contribution in [0.1, 0.15) is 44.5 Å². The van der Waals surface area contributed by atoms with Crippen LogP contribution in [0.3, 0.4) is 0 Å². The number of thioether (sulfide) groups is 1. The highest BCUT2D eigenvalue weighted by atomic mass is 32.2. The second kappa shape index (κ2) is 8.25. The van der Waals surface area contributed by atoms with Crippen molar-refractivity contribution < 1.29 is 0 Å². The monoisotopic (exact) mass is 303 g/mol. The Balaban J connectivity index is 1.99. The van der Waals surface area contributed by atoms with Gasteiger partial charge < -0.3 is 9.88 Å². The number of nitrogens with one attached hydrogen (secondary N) is 1. The fourth-order valence-electron chi connectivity index (χ4n) is 2.37. The molecule has 2 aromatic rings. The van der Waals surface area contributed by atoms with Crippen LogP contribution in [0.4, 0.5) is 0 Å². The maximum atomic E-state index is 4.26. The summed E-state index contributed by atoms with van der Waals surface area (Å²) in [5.41, 5.74) is 2.65. The van der Waals surface area contributed by atoms with Crippen LogP contribution in [-0.2, 0) is 12.3 Å². The SMILES string of the molecule is CCCn1cncc1CSc1cccc(C(C)NCC)c1. The Bertz CT molecular complexity index is 550. The van der Waals surface area contributed by atoms with E-state index in [1.165, 1.54) is 16.2 Å². The largest absolute Gasteiger partial charge is 0.334 e. The van der Waals surface area contributed by atoms with Crippen LogP contribution >= 0.6 is 11.8 Å². The summed E-state index contributed by atoms with van der Waals surface area (Å²) >= 11 is 1.88. The van der Waals surface area contributed by atoms with Crippen LogP contribution in [-0.4, -0.2) is 16.1 Å². The zero-order chi connectivity index (χ0) is 15.1. The van der Waals surface area contributed by atoms with Crippen LogP contribution in [0.2, 0.25) is 0 Å². The molecular formula is C17H25N3S. The smallest absolute Gasteiger partial charge is 0.0948 e. The molecule has 0 radical (unpaired) electrons. The molecule has 0 aliphatic heterocycles. The lowest BCUT2D eigenvalue weighted by atomic mass is 10.1. The van der Waals surface area contributed by atoms with E-state index in [1.54, 1.807) is 0 Å². The fourth-order valence-corrected chi connectivity index (χ4v) is 3.31. The molecule has 0 saturated carbocycles. The first kappa shape index (κ1) is 16.1. The molecule has 1 aromatic carbocycles. The number of aromatic nitrogens is 2. The summed E-state index contributed by atoms with van der Waals surface area (Å²) in [6.07, 6.45) is 5.06. The molecule has 3 nitrogen and oxygen atoms in total. The number of nitrogens with zero attached hydrogens (tertiary/aromatic N) is 2. The van der Waals surface area contributed by atoms with E-state index in [9.17, 15) is 0 Å². The molecule has 0 amide bonds. The van der Waals surface area contributed by atoms with Crippen molar-refractivity contribution in [3.8, 4) is 0 Å². The van der Waals surface area contributed by atoms with Gasteiger partial charge in [-0.3, -0.25) is 0 Å². The van der Waals surface area contributed by atoms with Gasteiger partial charge in [0, 0.05) is 35.1 Å². The average Bonchev–Trinajstić information content (AvgIpc) is 2.93. The third-order valence-corrected chi connectivity index (χ3v) is 4.55. The Morgan fingerprint density at radius 2 is 2.19 bits per heavy atom. The van der Waals surface area contributed by atoms with Gasteiger partial charge in [-0.1, -0.05) is 26.0 Å². The van der Waals surface area contributed by atoms with E-state index in [1.807, 2.05) is 24.3 Å². The topological polar surface area (TPSA) is 29.9 Å². The predicted molar refractivity (Wildman–Crippen MR) is 90.6 cm³/mol. The highest BCUT2D eigenvalue weighted by Gasteiger charge is 2.06. The lowest BCUT2D eigenvalue weighted by molar-refractivity contribution is 0.597. The Morgan fingerprint density at radius 1 is 1.33 bits per heavy atom. The summed E-state index contributed by atoms with van der Waals surface area (Å²) in [4.78, 5) is 5.58. The van der Waals surface area contributed by atoms with E-state index in [4.69, 9.17) is 0 Å². The van der Waals surface area contributed by atoms with Gasteiger partial charge in [-0.05, 0) is 37.6 Å². The molecule has 1 unspecified atom stereocenters. The average molecular weight is 303 g/mol. The number of aryl methyl sites for hydroxylation is 1. The minimum absolute atomic E-state index is 0.404. The maximum Gasteiger partial charge on any atom is 0.0948 e. The predicted octanol–water partition coefficient (Wildman–Crippen LogP) is 4.26. The zero-order valence-corrected chi connectivity index (χ0v) is 14.0. The molecule has 1 N–H and O–H groups in total. The Labute approximate surface area is 132 Å². The molecule has 1 heterocycles. The molecule has 2 rings (SSSR count). The summed E-state index contributed by atoms with van der Waals surface area (Å²) in [6.45, 7) is 8.60. The van der Waals surface area contributed by atoms with E-state index < -0.39 is 0 Å². The lowest BCUT2D eigenvalue weighted by Crippen LogP contribution is -2.17. The molecule has 0 aliphatic carbocycles. The highest BCUT2D eigenvalue weighted by molar-refractivity contribution is 7.98. The van der Waals surface area contributed by atoms with Crippen LogP contribution in [0, 0.1) is 0 Å². The molecule has 0 spiro atoms. The van der Waals surface area contributed by atoms with E-state index in [0.717, 1.165) is 25.3 Å². The van der Waals surface area contributed by atoms with Crippen molar-refractivity contribution in [1.29, 1.82) is 0 Å². The molecule has 0 aliphatic rings. The maximum absolute atomic E-state index is 4.26. The number of imidazole rings is 1. The van der Waals surface area contributed by atoms with Crippen molar-refractivity contribution >= 4 is 11.8 Å². The summed E-state index contributed by atoms with van der Waals surface area (Å²) in [7, 11) is 0. The first-order valence-corrected chi connectivity index (χ1v) is 8.68. The Morgan fingerprint density at radius 3 is 2.95 bits per heavy atom. The molecule has 0 fully saturated rings. The Kier molecular flexibility index (Phi) is 6.33. The Hall–Kier alpha value is -1.26. The normalized spacial score (nSPS) is 12.5. The van der Waals surface area contributed by atoms with Crippen molar-refractivity contribution in [1.82, 2.24) is 14.9 Å². The number of benzene rings is 1. The summed E-state index contributed by atoms with van der Waals surface area (Å²) in [5, 5.41) is 3.46. The molecule has 114 valence electrons. The minimum Gasteiger partial charge on any atom is -0.334 e. The van der Waals surface area contributed by atoms with Gasteiger partial charge in [-0.25, -0.2) is 4.98 Å². The van der Waals surface area contributed by atoms with E-state index >= 15 is 0 Å². The van der Waals surface area contributed by atoms with Gasteiger partial charge in [0.05, 0.1) is 6.33 Å². The molecule has 0 saturated heterocycles. The lowest BCUT2D eigenvalue weighted by Gasteiger charge is -2.14. The molecule has 21 heavy (non-hydrogen) atoms. The van der Waals surface area contributed by atoms with Gasteiger partial charge >= 0.3 is 0 Å². The minimum atomic E-state index is 0.404. The second-order valence-corrected chi connectivity index (χ2v) is 6.27. The summed E-state index contributed by atoms with van der Waals surface area (Å²) in [5.74, 6) is 0.971. The molecule has 0 bridgehead atoms. The number of hydrogen-bond donors (Lipinski definition) is 1. The standard InChI is InChI=1S/C17H25N3S/c1-4-9-20-13-18-11-16(20)12-21-17-8-6-7-15(10-17)14(3)19-5-2/h6-8,10-11,13-14,19H,4-5,9,12H2,1-3H3. The number of rotatable bonds is 8. The van der Waals surface area contributed by atoms with E-state index in [2.05, 4.69) is 59.9 Å². The van der Waals surface area contributed by atoms with Crippen molar-refractivity contribution in [3.05, 3.63) is 48.0 Å². The second-order valence-electron chi connectivity index (χ2n) is 5.22. The third kappa shape index (κ3) is 4.61. The molecular weight excluding hydrogens is 278 g/mol. The van der Waals surface area contributed by atoms with Gasteiger partial charge in [0.2, 0.25) is 0 Å². The van der Waals surface area contributed by atoms with Crippen molar-refractivity contribution in [2.45, 2.75) is 50.4 Å². The van der Waals surface area contributed by atoms with Crippen LogP contribution in [0.5, 0.6) is 0 Å². The zero-order valence-electron chi connectivity index (χ0n) is 13.2. The fraction of sp³-hybridized carbons (Fsp3) is 0.471. The number of hydrogen-bond acceptors (Lipinski definition) is 3. The van der Waals surface area contributed by atoms with Gasteiger partial charge in [0.1, 0.15) is 0 Å². The van der Waals surface area contributed by atoms with Crippen LogP contribution in [0.15, 0.2) is 41.7 Å². The molecule has 1 atom stereocenters. The first-order chi connectivity index (χ1) is 10.2. The van der Waals surface area contributed by atoms with Crippen molar-refractivity contribution in [2.24, 2.45) is 0 Å².